The topological polar surface area (TPSA) is 46.8 Å². The first-order valence-electron chi connectivity index (χ1n) is 15.7. The molecule has 3 heterocycles. The van der Waals surface area contributed by atoms with Crippen LogP contribution in [0.1, 0.15) is 5.56 Å². The van der Waals surface area contributed by atoms with E-state index in [4.69, 9.17) is 4.42 Å². The molecule has 0 aliphatic rings. The Kier molecular flexibility index (Phi) is 5.32. The smallest absolute Gasteiger partial charge is 0.145 e. The van der Waals surface area contributed by atoms with Gasteiger partial charge in [-0.1, -0.05) is 84.9 Å². The standard InChI is InChI=1S/C43H25N3O/c44-26-27-22-29(25-31(23-27)46-37-16-5-1-12-32(37)33-13-2-6-17-38(33)46)28-10-9-11-30(24-28)45-39-18-7-3-15-36(39)42-40(45)21-20-35-34-14-4-8-19-41(34)47-43(35)42/h1-25H. The van der Waals surface area contributed by atoms with Crippen molar-refractivity contribution in [3.8, 4) is 28.6 Å². The number of nitriles is 1. The molecule has 0 radical (unpaired) electrons. The Balaban J connectivity index is 1.20. The Hall–Kier alpha value is -6.57. The molecule has 4 heteroatoms. The van der Waals surface area contributed by atoms with Crippen LogP contribution >= 0.6 is 0 Å². The number of nitrogens with zero attached hydrogens (tertiary/aromatic N) is 3. The van der Waals surface area contributed by atoms with Crippen LogP contribution in [0.25, 0.3) is 88.1 Å². The second-order valence-electron chi connectivity index (χ2n) is 12.1. The van der Waals surface area contributed by atoms with Gasteiger partial charge in [0.25, 0.3) is 0 Å². The van der Waals surface area contributed by atoms with Crippen LogP contribution in [-0.4, -0.2) is 9.13 Å². The number of hydrogen-bond donors (Lipinski definition) is 0. The van der Waals surface area contributed by atoms with Crippen molar-refractivity contribution >= 4 is 65.6 Å². The molecule has 0 amide bonds. The van der Waals surface area contributed by atoms with Crippen LogP contribution in [0.15, 0.2) is 156 Å². The monoisotopic (exact) mass is 599 g/mol. The molecule has 218 valence electrons. The minimum Gasteiger partial charge on any atom is -0.455 e. The van der Waals surface area contributed by atoms with Crippen LogP contribution in [0, 0.1) is 11.3 Å². The van der Waals surface area contributed by atoms with Gasteiger partial charge in [0, 0.05) is 38.3 Å². The van der Waals surface area contributed by atoms with Crippen molar-refractivity contribution in [2.45, 2.75) is 0 Å². The molecular formula is C43H25N3O. The quantitative estimate of drug-likeness (QED) is 0.203. The van der Waals surface area contributed by atoms with E-state index in [1.807, 2.05) is 24.3 Å². The highest BCUT2D eigenvalue weighted by Crippen LogP contribution is 2.41. The van der Waals surface area contributed by atoms with Gasteiger partial charge in [0.15, 0.2) is 0 Å². The maximum atomic E-state index is 10.2. The highest BCUT2D eigenvalue weighted by molar-refractivity contribution is 6.23. The van der Waals surface area contributed by atoms with Crippen LogP contribution in [0.4, 0.5) is 0 Å². The second kappa shape index (κ2) is 9.71. The molecule has 0 aliphatic carbocycles. The molecule has 7 aromatic carbocycles. The van der Waals surface area contributed by atoms with E-state index in [1.165, 1.54) is 10.8 Å². The van der Waals surface area contributed by atoms with E-state index >= 15 is 0 Å². The fourth-order valence-corrected chi connectivity index (χ4v) is 7.51. The summed E-state index contributed by atoms with van der Waals surface area (Å²) >= 11 is 0. The van der Waals surface area contributed by atoms with E-state index < -0.39 is 0 Å². The molecule has 0 bridgehead atoms. The summed E-state index contributed by atoms with van der Waals surface area (Å²) in [7, 11) is 0. The lowest BCUT2D eigenvalue weighted by molar-refractivity contribution is 0.673. The molecule has 0 aliphatic heterocycles. The van der Waals surface area contributed by atoms with E-state index in [9.17, 15) is 5.26 Å². The maximum absolute atomic E-state index is 10.2. The Morgan fingerprint density at radius 2 is 1.06 bits per heavy atom. The van der Waals surface area contributed by atoms with Gasteiger partial charge in [-0.3, -0.25) is 0 Å². The van der Waals surface area contributed by atoms with Crippen LogP contribution in [0.5, 0.6) is 0 Å². The number of rotatable bonds is 3. The first kappa shape index (κ1) is 25.7. The van der Waals surface area contributed by atoms with Crippen molar-refractivity contribution < 1.29 is 4.42 Å². The van der Waals surface area contributed by atoms with Gasteiger partial charge >= 0.3 is 0 Å². The SMILES string of the molecule is N#Cc1cc(-c2cccc(-n3c4ccccc4c4c5oc6ccccc6c5ccc43)c2)cc(-n2c3ccccc3c3ccccc32)c1. The zero-order valence-corrected chi connectivity index (χ0v) is 25.2. The van der Waals surface area contributed by atoms with Gasteiger partial charge in [0.05, 0.1) is 39.1 Å². The fraction of sp³-hybridized carbons (Fsp3) is 0. The summed E-state index contributed by atoms with van der Waals surface area (Å²) in [5.74, 6) is 0. The summed E-state index contributed by atoms with van der Waals surface area (Å²) in [6, 6.07) is 55.3. The predicted molar refractivity (Wildman–Crippen MR) is 193 cm³/mol. The fourth-order valence-electron chi connectivity index (χ4n) is 7.51. The van der Waals surface area contributed by atoms with Crippen LogP contribution in [0.2, 0.25) is 0 Å². The third-order valence-corrected chi connectivity index (χ3v) is 9.50. The first-order valence-corrected chi connectivity index (χ1v) is 15.7. The second-order valence-corrected chi connectivity index (χ2v) is 12.1. The van der Waals surface area contributed by atoms with Crippen molar-refractivity contribution in [1.82, 2.24) is 9.13 Å². The van der Waals surface area contributed by atoms with Crippen molar-refractivity contribution in [2.24, 2.45) is 0 Å². The summed E-state index contributed by atoms with van der Waals surface area (Å²) in [5.41, 5.74) is 10.9. The number of fused-ring (bicyclic) bond motifs is 10. The highest BCUT2D eigenvalue weighted by atomic mass is 16.3. The summed E-state index contributed by atoms with van der Waals surface area (Å²) in [4.78, 5) is 0. The molecule has 0 atom stereocenters. The summed E-state index contributed by atoms with van der Waals surface area (Å²) in [5, 5.41) is 17.1. The Morgan fingerprint density at radius 1 is 0.447 bits per heavy atom. The van der Waals surface area contributed by atoms with E-state index in [0.717, 1.165) is 77.3 Å². The van der Waals surface area contributed by atoms with Crippen LogP contribution in [0.3, 0.4) is 0 Å². The Morgan fingerprint density at radius 3 is 1.81 bits per heavy atom. The third kappa shape index (κ3) is 3.69. The van der Waals surface area contributed by atoms with Crippen molar-refractivity contribution in [1.29, 1.82) is 5.26 Å². The van der Waals surface area contributed by atoms with Gasteiger partial charge in [-0.2, -0.15) is 5.26 Å². The van der Waals surface area contributed by atoms with Crippen molar-refractivity contribution in [3.05, 3.63) is 157 Å². The van der Waals surface area contributed by atoms with E-state index in [2.05, 4.69) is 143 Å². The average Bonchev–Trinajstić information content (AvgIpc) is 3.79. The number of hydrogen-bond acceptors (Lipinski definition) is 2. The largest absolute Gasteiger partial charge is 0.455 e. The minimum atomic E-state index is 0.619. The molecule has 10 rings (SSSR count). The van der Waals surface area contributed by atoms with Gasteiger partial charge in [-0.25, -0.2) is 0 Å². The summed E-state index contributed by atoms with van der Waals surface area (Å²) in [6.07, 6.45) is 0. The van der Waals surface area contributed by atoms with Crippen molar-refractivity contribution in [3.63, 3.8) is 0 Å². The lowest BCUT2D eigenvalue weighted by Gasteiger charge is -2.13. The summed E-state index contributed by atoms with van der Waals surface area (Å²) < 4.78 is 11.1. The molecule has 10 aromatic rings. The van der Waals surface area contributed by atoms with E-state index in [0.29, 0.717) is 5.56 Å². The van der Waals surface area contributed by atoms with E-state index in [-0.39, 0.29) is 0 Å². The zero-order valence-electron chi connectivity index (χ0n) is 25.2. The lowest BCUT2D eigenvalue weighted by atomic mass is 10.0. The van der Waals surface area contributed by atoms with Crippen LogP contribution < -0.4 is 0 Å². The molecule has 47 heavy (non-hydrogen) atoms. The molecule has 0 spiro atoms. The van der Waals surface area contributed by atoms with Crippen LogP contribution in [-0.2, 0) is 0 Å². The van der Waals surface area contributed by atoms with Gasteiger partial charge in [0.2, 0.25) is 0 Å². The predicted octanol–water partition coefficient (Wildman–Crippen LogP) is 11.3. The lowest BCUT2D eigenvalue weighted by Crippen LogP contribution is -1.97. The molecule has 3 aromatic heterocycles. The average molecular weight is 600 g/mol. The molecule has 0 saturated heterocycles. The first-order chi connectivity index (χ1) is 23.3. The zero-order chi connectivity index (χ0) is 31.1. The molecule has 0 saturated carbocycles. The van der Waals surface area contributed by atoms with Gasteiger partial charge in [0.1, 0.15) is 11.2 Å². The van der Waals surface area contributed by atoms with Crippen molar-refractivity contribution in [2.75, 3.05) is 0 Å². The summed E-state index contributed by atoms with van der Waals surface area (Å²) in [6.45, 7) is 0. The van der Waals surface area contributed by atoms with Gasteiger partial charge in [-0.05, 0) is 77.9 Å². The third-order valence-electron chi connectivity index (χ3n) is 9.50. The molecule has 0 fully saturated rings. The molecular weight excluding hydrogens is 574 g/mol. The highest BCUT2D eigenvalue weighted by Gasteiger charge is 2.19. The molecule has 0 unspecified atom stereocenters. The van der Waals surface area contributed by atoms with Gasteiger partial charge in [-0.15, -0.1) is 0 Å². The number of aromatic nitrogens is 2. The Bertz CT molecular complexity index is 2880. The number of benzene rings is 7. The minimum absolute atomic E-state index is 0.619. The number of para-hydroxylation sites is 4. The van der Waals surface area contributed by atoms with E-state index in [1.54, 1.807) is 0 Å². The Labute approximate surface area is 269 Å². The maximum Gasteiger partial charge on any atom is 0.145 e. The van der Waals surface area contributed by atoms with Gasteiger partial charge < -0.3 is 13.6 Å². The molecule has 0 N–H and O–H groups in total. The molecule has 4 nitrogen and oxygen atoms in total. The normalized spacial score (nSPS) is 11.8. The number of furan rings is 1.